The second kappa shape index (κ2) is 6.25. The van der Waals surface area contributed by atoms with Crippen LogP contribution in [0.5, 0.6) is 0 Å². The molecule has 0 radical (unpaired) electrons. The molecule has 0 heterocycles. The predicted octanol–water partition coefficient (Wildman–Crippen LogP) is 2.97. The van der Waals surface area contributed by atoms with Crippen LogP contribution in [-0.4, -0.2) is 11.3 Å². The lowest BCUT2D eigenvalue weighted by Gasteiger charge is -2.07. The van der Waals surface area contributed by atoms with E-state index in [0.29, 0.717) is 0 Å². The Morgan fingerprint density at radius 3 is 2.80 bits per heavy atom. The highest BCUT2D eigenvalue weighted by Crippen LogP contribution is 2.24. The van der Waals surface area contributed by atoms with Crippen molar-refractivity contribution in [2.75, 3.05) is 0 Å². The molecule has 3 N–H and O–H groups in total. The maximum atomic E-state index is 13.1. The van der Waals surface area contributed by atoms with Crippen LogP contribution in [0.25, 0.3) is 11.1 Å². The zero-order valence-electron chi connectivity index (χ0n) is 10.9. The zero-order chi connectivity index (χ0) is 14.5. The fraction of sp³-hybridized carbons (Fsp3) is 0.0667. The van der Waals surface area contributed by atoms with E-state index in [4.69, 9.17) is 5.73 Å². The van der Waals surface area contributed by atoms with Crippen LogP contribution in [0, 0.1) is 12.7 Å². The van der Waals surface area contributed by atoms with E-state index in [-0.39, 0.29) is 10.9 Å². The Kier molecular flexibility index (Phi) is 4.42. The van der Waals surface area contributed by atoms with Gasteiger partial charge in [0.15, 0.2) is 5.11 Å². The topological polar surface area (TPSA) is 50.4 Å². The molecule has 20 heavy (non-hydrogen) atoms. The molecule has 0 saturated heterocycles. The van der Waals surface area contributed by atoms with Gasteiger partial charge < -0.3 is 5.73 Å². The normalized spacial score (nSPS) is 10.7. The van der Waals surface area contributed by atoms with Gasteiger partial charge in [-0.1, -0.05) is 24.3 Å². The maximum Gasteiger partial charge on any atom is 0.184 e. The van der Waals surface area contributed by atoms with E-state index in [0.717, 1.165) is 22.3 Å². The number of hydrogen-bond acceptors (Lipinski definition) is 2. The fourth-order valence-corrected chi connectivity index (χ4v) is 1.96. The summed E-state index contributed by atoms with van der Waals surface area (Å²) in [5.41, 5.74) is 11.6. The number of hydrazone groups is 1. The lowest BCUT2D eigenvalue weighted by molar-refractivity contribution is 0.627. The van der Waals surface area contributed by atoms with E-state index < -0.39 is 0 Å². The Morgan fingerprint density at radius 2 is 2.10 bits per heavy atom. The molecule has 5 heteroatoms. The second-order valence-electron chi connectivity index (χ2n) is 4.32. The van der Waals surface area contributed by atoms with Gasteiger partial charge >= 0.3 is 0 Å². The molecule has 2 aromatic carbocycles. The van der Waals surface area contributed by atoms with Gasteiger partial charge in [-0.05, 0) is 59.6 Å². The summed E-state index contributed by atoms with van der Waals surface area (Å²) < 4.78 is 13.1. The van der Waals surface area contributed by atoms with Crippen molar-refractivity contribution in [1.29, 1.82) is 0 Å². The summed E-state index contributed by atoms with van der Waals surface area (Å²) in [6.45, 7) is 1.88. The standard InChI is InChI=1S/C15H14FN3S/c1-10-7-13(16)5-6-14(10)12-4-2-3-11(8-12)9-18-19-15(17)20/h2-9H,1H3,(H3,17,19,20). The van der Waals surface area contributed by atoms with Crippen LogP contribution in [0.2, 0.25) is 0 Å². The largest absolute Gasteiger partial charge is 0.375 e. The molecule has 0 aromatic heterocycles. The van der Waals surface area contributed by atoms with E-state index >= 15 is 0 Å². The Bertz CT molecular complexity index is 668. The molecule has 2 rings (SSSR count). The summed E-state index contributed by atoms with van der Waals surface area (Å²) in [5.74, 6) is -0.232. The van der Waals surface area contributed by atoms with E-state index in [2.05, 4.69) is 22.7 Å². The molecular weight excluding hydrogens is 273 g/mol. The second-order valence-corrected chi connectivity index (χ2v) is 4.76. The summed E-state index contributed by atoms with van der Waals surface area (Å²) in [7, 11) is 0. The van der Waals surface area contributed by atoms with Crippen LogP contribution < -0.4 is 11.2 Å². The minimum atomic E-state index is -0.232. The number of aryl methyl sites for hydroxylation is 1. The van der Waals surface area contributed by atoms with Gasteiger partial charge in [0.1, 0.15) is 5.82 Å². The Labute approximate surface area is 122 Å². The van der Waals surface area contributed by atoms with Crippen molar-refractivity contribution in [1.82, 2.24) is 5.43 Å². The molecule has 3 nitrogen and oxygen atoms in total. The highest BCUT2D eigenvalue weighted by atomic mass is 32.1. The fourth-order valence-electron chi connectivity index (χ4n) is 1.91. The lowest BCUT2D eigenvalue weighted by atomic mass is 9.99. The van der Waals surface area contributed by atoms with Gasteiger partial charge in [-0.3, -0.25) is 5.43 Å². The Balaban J connectivity index is 2.29. The molecule has 0 saturated carbocycles. The van der Waals surface area contributed by atoms with Gasteiger partial charge in [0.05, 0.1) is 6.21 Å². The number of nitrogens with two attached hydrogens (primary N) is 1. The highest BCUT2D eigenvalue weighted by molar-refractivity contribution is 7.80. The summed E-state index contributed by atoms with van der Waals surface area (Å²) in [5, 5.41) is 4.03. The van der Waals surface area contributed by atoms with Gasteiger partial charge in [0, 0.05) is 0 Å². The first-order chi connectivity index (χ1) is 9.56. The molecule has 0 atom stereocenters. The van der Waals surface area contributed by atoms with Crippen molar-refractivity contribution in [2.24, 2.45) is 10.8 Å². The first-order valence-corrected chi connectivity index (χ1v) is 6.42. The predicted molar refractivity (Wildman–Crippen MR) is 84.1 cm³/mol. The van der Waals surface area contributed by atoms with Crippen LogP contribution in [0.3, 0.4) is 0 Å². The molecule has 0 aliphatic carbocycles. The van der Waals surface area contributed by atoms with Crippen molar-refractivity contribution in [3.63, 3.8) is 0 Å². The molecule has 0 spiro atoms. The maximum absolute atomic E-state index is 13.1. The molecule has 0 aliphatic rings. The van der Waals surface area contributed by atoms with Gasteiger partial charge in [-0.15, -0.1) is 0 Å². The van der Waals surface area contributed by atoms with Gasteiger partial charge in [-0.25, -0.2) is 4.39 Å². The van der Waals surface area contributed by atoms with E-state index in [1.165, 1.54) is 12.1 Å². The van der Waals surface area contributed by atoms with Crippen molar-refractivity contribution in [2.45, 2.75) is 6.92 Å². The number of halogens is 1. The molecule has 0 fully saturated rings. The van der Waals surface area contributed by atoms with Gasteiger partial charge in [-0.2, -0.15) is 5.10 Å². The number of rotatable bonds is 3. The zero-order valence-corrected chi connectivity index (χ0v) is 11.7. The monoisotopic (exact) mass is 287 g/mol. The summed E-state index contributed by atoms with van der Waals surface area (Å²) >= 11 is 4.66. The van der Waals surface area contributed by atoms with Crippen LogP contribution in [0.4, 0.5) is 4.39 Å². The average Bonchev–Trinajstić information content (AvgIpc) is 2.38. The highest BCUT2D eigenvalue weighted by Gasteiger charge is 2.03. The number of nitrogens with zero attached hydrogens (tertiary/aromatic N) is 1. The first-order valence-electron chi connectivity index (χ1n) is 6.01. The summed E-state index contributed by atoms with van der Waals surface area (Å²) in [4.78, 5) is 0. The Hall–Kier alpha value is -2.27. The number of thiocarbonyl (C=S) groups is 1. The molecule has 2 aromatic rings. The summed E-state index contributed by atoms with van der Waals surface area (Å²) in [6.07, 6.45) is 1.63. The smallest absolute Gasteiger partial charge is 0.184 e. The minimum Gasteiger partial charge on any atom is -0.375 e. The third-order valence-corrected chi connectivity index (χ3v) is 2.87. The van der Waals surface area contributed by atoms with Gasteiger partial charge in [0.25, 0.3) is 0 Å². The quantitative estimate of drug-likeness (QED) is 0.518. The third kappa shape index (κ3) is 3.61. The van der Waals surface area contributed by atoms with Crippen LogP contribution in [0.1, 0.15) is 11.1 Å². The van der Waals surface area contributed by atoms with Gasteiger partial charge in [0.2, 0.25) is 0 Å². The molecule has 0 bridgehead atoms. The minimum absolute atomic E-state index is 0.117. The Morgan fingerprint density at radius 1 is 1.30 bits per heavy atom. The molecular formula is C15H14FN3S. The van der Waals surface area contributed by atoms with Crippen molar-refractivity contribution in [3.05, 3.63) is 59.4 Å². The number of benzene rings is 2. The molecule has 0 unspecified atom stereocenters. The van der Waals surface area contributed by atoms with Crippen LogP contribution in [0.15, 0.2) is 47.6 Å². The van der Waals surface area contributed by atoms with Crippen molar-refractivity contribution >= 4 is 23.5 Å². The molecule has 0 aliphatic heterocycles. The van der Waals surface area contributed by atoms with Crippen molar-refractivity contribution in [3.8, 4) is 11.1 Å². The molecule has 102 valence electrons. The van der Waals surface area contributed by atoms with E-state index in [1.54, 1.807) is 12.3 Å². The first kappa shape index (κ1) is 14.1. The lowest BCUT2D eigenvalue weighted by Crippen LogP contribution is -2.23. The van der Waals surface area contributed by atoms with E-state index in [9.17, 15) is 4.39 Å². The number of nitrogens with one attached hydrogen (secondary N) is 1. The number of hydrogen-bond donors (Lipinski definition) is 2. The van der Waals surface area contributed by atoms with Crippen molar-refractivity contribution < 1.29 is 4.39 Å². The third-order valence-electron chi connectivity index (χ3n) is 2.77. The SMILES string of the molecule is Cc1cc(F)ccc1-c1cccc(C=NNC(N)=S)c1. The summed E-state index contributed by atoms with van der Waals surface area (Å²) in [6, 6.07) is 12.5. The van der Waals surface area contributed by atoms with Crippen LogP contribution >= 0.6 is 12.2 Å². The average molecular weight is 287 g/mol. The van der Waals surface area contributed by atoms with Crippen LogP contribution in [-0.2, 0) is 0 Å². The van der Waals surface area contributed by atoms with E-state index in [1.807, 2.05) is 31.2 Å². The molecule has 0 amide bonds.